The van der Waals surface area contributed by atoms with Crippen LogP contribution in [0.25, 0.3) is 11.0 Å². The molecule has 0 saturated carbocycles. The predicted molar refractivity (Wildman–Crippen MR) is 106 cm³/mol. The molecule has 1 aromatic heterocycles. The lowest BCUT2D eigenvalue weighted by atomic mass is 10.0. The molecule has 3 rings (SSSR count). The average Bonchev–Trinajstić information content (AvgIpc) is 2.96. The molecule has 0 aliphatic carbocycles. The van der Waals surface area contributed by atoms with E-state index in [4.69, 9.17) is 4.42 Å². The van der Waals surface area contributed by atoms with Gasteiger partial charge in [-0.2, -0.15) is 0 Å². The van der Waals surface area contributed by atoms with E-state index in [0.29, 0.717) is 0 Å². The molecule has 0 aliphatic rings. The quantitative estimate of drug-likeness (QED) is 0.669. The highest BCUT2D eigenvalue weighted by Crippen LogP contribution is 2.28. The van der Waals surface area contributed by atoms with Gasteiger partial charge in [0.05, 0.1) is 6.04 Å². The number of nitrogens with zero attached hydrogens (tertiary/aromatic N) is 1. The van der Waals surface area contributed by atoms with Gasteiger partial charge in [-0.3, -0.25) is 0 Å². The van der Waals surface area contributed by atoms with Crippen LogP contribution in [-0.4, -0.2) is 32.1 Å². The molecular weight excluding hydrogens is 362 g/mol. The zero-order valence-corrected chi connectivity index (χ0v) is 15.9. The number of para-hydroxylation sites is 1. The number of benzene rings is 2. The Kier molecular flexibility index (Phi) is 8.39. The van der Waals surface area contributed by atoms with Gasteiger partial charge < -0.3 is 14.6 Å². The number of hydrogen-bond acceptors (Lipinski definition) is 3. The van der Waals surface area contributed by atoms with Crippen molar-refractivity contribution in [3.63, 3.8) is 0 Å². The molecule has 25 heavy (non-hydrogen) atoms. The van der Waals surface area contributed by atoms with Crippen molar-refractivity contribution in [2.75, 3.05) is 27.2 Å². The number of nitrogens with one attached hydrogen (secondary N) is 1. The van der Waals surface area contributed by atoms with Gasteiger partial charge in [-0.25, -0.2) is 4.39 Å². The number of halogens is 3. The van der Waals surface area contributed by atoms with Crippen LogP contribution in [0.1, 0.15) is 17.4 Å². The second kappa shape index (κ2) is 9.78. The fourth-order valence-electron chi connectivity index (χ4n) is 2.62. The molecule has 0 saturated heterocycles. The first-order valence-corrected chi connectivity index (χ1v) is 7.75. The van der Waals surface area contributed by atoms with Crippen LogP contribution in [0.4, 0.5) is 4.39 Å². The first-order chi connectivity index (χ1) is 11.1. The largest absolute Gasteiger partial charge is 0.459 e. The van der Waals surface area contributed by atoms with Crippen LogP contribution in [0, 0.1) is 5.82 Å². The summed E-state index contributed by atoms with van der Waals surface area (Å²) in [4.78, 5) is 2.12. The SMILES string of the molecule is CN(C)CCNC(c1ccc(F)cc1)c1cc2ccccc2o1.Cl.Cl. The third kappa shape index (κ3) is 5.44. The summed E-state index contributed by atoms with van der Waals surface area (Å²) in [6.07, 6.45) is 0. The van der Waals surface area contributed by atoms with Gasteiger partial charge in [0, 0.05) is 18.5 Å². The van der Waals surface area contributed by atoms with Crippen LogP contribution in [0.15, 0.2) is 59.0 Å². The van der Waals surface area contributed by atoms with E-state index in [2.05, 4.69) is 10.2 Å². The minimum atomic E-state index is -0.231. The third-order valence-corrected chi connectivity index (χ3v) is 3.84. The first-order valence-electron chi connectivity index (χ1n) is 7.75. The molecule has 0 fully saturated rings. The van der Waals surface area contributed by atoms with Gasteiger partial charge in [-0.1, -0.05) is 30.3 Å². The molecule has 1 heterocycles. The number of hydrogen-bond donors (Lipinski definition) is 1. The molecule has 2 aromatic carbocycles. The fraction of sp³-hybridized carbons (Fsp3) is 0.263. The monoisotopic (exact) mass is 384 g/mol. The smallest absolute Gasteiger partial charge is 0.134 e. The lowest BCUT2D eigenvalue weighted by molar-refractivity contribution is 0.381. The maximum absolute atomic E-state index is 13.2. The van der Waals surface area contributed by atoms with Crippen LogP contribution in [0.5, 0.6) is 0 Å². The molecular formula is C19H23Cl2FN2O. The summed E-state index contributed by atoms with van der Waals surface area (Å²) in [6.45, 7) is 1.73. The fourth-order valence-corrected chi connectivity index (χ4v) is 2.62. The van der Waals surface area contributed by atoms with Gasteiger partial charge in [0.2, 0.25) is 0 Å². The highest BCUT2D eigenvalue weighted by Gasteiger charge is 2.18. The van der Waals surface area contributed by atoms with E-state index < -0.39 is 0 Å². The number of furan rings is 1. The Balaban J connectivity index is 0.00000156. The number of fused-ring (bicyclic) bond motifs is 1. The maximum atomic E-state index is 13.2. The predicted octanol–water partition coefficient (Wildman–Crippen LogP) is 4.66. The lowest BCUT2D eigenvalue weighted by Gasteiger charge is -2.19. The van der Waals surface area contributed by atoms with E-state index in [9.17, 15) is 4.39 Å². The zero-order valence-electron chi connectivity index (χ0n) is 14.2. The van der Waals surface area contributed by atoms with Crippen molar-refractivity contribution in [3.05, 3.63) is 71.7 Å². The van der Waals surface area contributed by atoms with Gasteiger partial charge >= 0.3 is 0 Å². The molecule has 3 nitrogen and oxygen atoms in total. The van der Waals surface area contributed by atoms with Crippen molar-refractivity contribution in [1.29, 1.82) is 0 Å². The number of rotatable bonds is 6. The molecule has 0 spiro atoms. The summed E-state index contributed by atoms with van der Waals surface area (Å²) < 4.78 is 19.2. The van der Waals surface area contributed by atoms with Crippen molar-refractivity contribution in [2.45, 2.75) is 6.04 Å². The Bertz CT molecular complexity index is 741. The topological polar surface area (TPSA) is 28.4 Å². The van der Waals surface area contributed by atoms with Crippen molar-refractivity contribution in [2.24, 2.45) is 0 Å². The van der Waals surface area contributed by atoms with Crippen LogP contribution in [-0.2, 0) is 0 Å². The molecule has 1 atom stereocenters. The molecule has 0 bridgehead atoms. The van der Waals surface area contributed by atoms with Gasteiger partial charge in [0.1, 0.15) is 17.2 Å². The summed E-state index contributed by atoms with van der Waals surface area (Å²) in [6, 6.07) is 16.5. The minimum Gasteiger partial charge on any atom is -0.459 e. The summed E-state index contributed by atoms with van der Waals surface area (Å²) in [7, 11) is 4.07. The van der Waals surface area contributed by atoms with Gasteiger partial charge in [-0.15, -0.1) is 24.8 Å². The van der Waals surface area contributed by atoms with E-state index in [0.717, 1.165) is 35.4 Å². The molecule has 6 heteroatoms. The van der Waals surface area contributed by atoms with Crippen molar-refractivity contribution < 1.29 is 8.81 Å². The highest BCUT2D eigenvalue weighted by molar-refractivity contribution is 5.85. The molecule has 1 unspecified atom stereocenters. The van der Waals surface area contributed by atoms with E-state index in [-0.39, 0.29) is 36.7 Å². The van der Waals surface area contributed by atoms with E-state index >= 15 is 0 Å². The first kappa shape index (κ1) is 21.5. The van der Waals surface area contributed by atoms with Crippen molar-refractivity contribution in [1.82, 2.24) is 10.2 Å². The second-order valence-corrected chi connectivity index (χ2v) is 5.93. The highest BCUT2D eigenvalue weighted by atomic mass is 35.5. The molecule has 0 radical (unpaired) electrons. The minimum absolute atomic E-state index is 0. The second-order valence-electron chi connectivity index (χ2n) is 5.93. The molecule has 1 N–H and O–H groups in total. The number of likely N-dealkylation sites (N-methyl/N-ethyl adjacent to an activating group) is 1. The van der Waals surface area contributed by atoms with E-state index in [1.807, 2.05) is 44.4 Å². The Morgan fingerprint density at radius 1 is 1.04 bits per heavy atom. The van der Waals surface area contributed by atoms with E-state index in [1.54, 1.807) is 12.1 Å². The van der Waals surface area contributed by atoms with Gasteiger partial charge in [0.15, 0.2) is 0 Å². The van der Waals surface area contributed by atoms with Gasteiger partial charge in [0.25, 0.3) is 0 Å². The third-order valence-electron chi connectivity index (χ3n) is 3.84. The van der Waals surface area contributed by atoms with E-state index in [1.165, 1.54) is 12.1 Å². The zero-order chi connectivity index (χ0) is 16.2. The maximum Gasteiger partial charge on any atom is 0.134 e. The van der Waals surface area contributed by atoms with Crippen LogP contribution >= 0.6 is 24.8 Å². The summed E-state index contributed by atoms with van der Waals surface area (Å²) >= 11 is 0. The standard InChI is InChI=1S/C19H21FN2O.2ClH/c1-22(2)12-11-21-19(14-7-9-16(20)10-8-14)18-13-15-5-3-4-6-17(15)23-18;;/h3-10,13,19,21H,11-12H2,1-2H3;2*1H. The van der Waals surface area contributed by atoms with Crippen molar-refractivity contribution >= 4 is 35.8 Å². The van der Waals surface area contributed by atoms with Crippen LogP contribution in [0.3, 0.4) is 0 Å². The Morgan fingerprint density at radius 3 is 2.36 bits per heavy atom. The van der Waals surface area contributed by atoms with Gasteiger partial charge in [-0.05, 0) is 43.9 Å². The normalized spacial score (nSPS) is 11.8. The summed E-state index contributed by atoms with van der Waals surface area (Å²) in [5.74, 6) is 0.613. The molecule has 3 aromatic rings. The van der Waals surface area contributed by atoms with Crippen molar-refractivity contribution in [3.8, 4) is 0 Å². The Morgan fingerprint density at radius 2 is 1.72 bits per heavy atom. The molecule has 0 aliphatic heterocycles. The summed E-state index contributed by atoms with van der Waals surface area (Å²) in [5.41, 5.74) is 1.85. The van der Waals surface area contributed by atoms with Crippen LogP contribution < -0.4 is 5.32 Å². The summed E-state index contributed by atoms with van der Waals surface area (Å²) in [5, 5.41) is 4.58. The van der Waals surface area contributed by atoms with Crippen LogP contribution in [0.2, 0.25) is 0 Å². The molecule has 0 amide bonds. The average molecular weight is 385 g/mol. The Hall–Kier alpha value is -1.59. The lowest BCUT2D eigenvalue weighted by Crippen LogP contribution is -2.30. The Labute approximate surface area is 160 Å². The molecule has 136 valence electrons.